The van der Waals surface area contributed by atoms with Crippen molar-refractivity contribution in [3.63, 3.8) is 0 Å². The minimum absolute atomic E-state index is 0.196. The molecule has 3 heteroatoms. The highest BCUT2D eigenvalue weighted by atomic mass is 32.2. The molecule has 0 unspecified atom stereocenters. The molecule has 2 N–H and O–H groups in total. The minimum atomic E-state index is 0.196. The first-order valence-electron chi connectivity index (χ1n) is 6.57. The first-order valence-corrected chi connectivity index (χ1v) is 7.72. The van der Waals surface area contributed by atoms with Crippen LogP contribution in [-0.4, -0.2) is 23.3 Å². The van der Waals surface area contributed by atoms with E-state index in [1.807, 2.05) is 11.8 Å². The Balaban J connectivity index is 3.20. The highest BCUT2D eigenvalue weighted by molar-refractivity contribution is 7.99. The van der Waals surface area contributed by atoms with Crippen LogP contribution in [0.3, 0.4) is 0 Å². The molecule has 0 radical (unpaired) electrons. The van der Waals surface area contributed by atoms with E-state index in [2.05, 4.69) is 26.3 Å². The maximum Gasteiger partial charge on any atom is 0.0266 e. The Kier molecular flexibility index (Phi) is 10.6. The molecular weight excluding hydrogens is 218 g/mol. The molecule has 98 valence electrons. The molecule has 0 saturated carbocycles. The smallest absolute Gasteiger partial charge is 0.0266 e. The molecule has 2 nitrogen and oxygen atoms in total. The zero-order chi connectivity index (χ0) is 12.3. The van der Waals surface area contributed by atoms with Gasteiger partial charge in [-0.15, -0.1) is 0 Å². The first-order chi connectivity index (χ1) is 7.62. The Bertz CT molecular complexity index is 151. The van der Waals surface area contributed by atoms with Gasteiger partial charge in [0.1, 0.15) is 0 Å². The number of unbranched alkanes of at least 4 members (excludes halogenated alkanes) is 5. The van der Waals surface area contributed by atoms with Gasteiger partial charge < -0.3 is 5.21 Å². The number of hydrogen-bond donors (Lipinski definition) is 2. The van der Waals surface area contributed by atoms with E-state index in [0.717, 1.165) is 5.75 Å². The van der Waals surface area contributed by atoms with E-state index >= 15 is 0 Å². The zero-order valence-corrected chi connectivity index (χ0v) is 12.0. The van der Waals surface area contributed by atoms with Crippen LogP contribution in [0.5, 0.6) is 0 Å². The Hall–Kier alpha value is 0.270. The molecule has 0 bridgehead atoms. The SMILES string of the molecule is CCCCCCCCSCC(C)(C)CNO. The van der Waals surface area contributed by atoms with Crippen LogP contribution >= 0.6 is 11.8 Å². The summed E-state index contributed by atoms with van der Waals surface area (Å²) in [4.78, 5) is 0. The Morgan fingerprint density at radius 2 is 1.69 bits per heavy atom. The van der Waals surface area contributed by atoms with Crippen LogP contribution in [0.15, 0.2) is 0 Å². The van der Waals surface area contributed by atoms with Crippen molar-refractivity contribution in [1.82, 2.24) is 5.48 Å². The van der Waals surface area contributed by atoms with Crippen LogP contribution in [0.25, 0.3) is 0 Å². The number of hydroxylamine groups is 1. The summed E-state index contributed by atoms with van der Waals surface area (Å²) in [5.74, 6) is 2.39. The van der Waals surface area contributed by atoms with Gasteiger partial charge in [-0.3, -0.25) is 0 Å². The topological polar surface area (TPSA) is 32.3 Å². The van der Waals surface area contributed by atoms with Crippen molar-refractivity contribution in [3.8, 4) is 0 Å². The molecule has 0 spiro atoms. The second kappa shape index (κ2) is 10.4. The number of nitrogens with one attached hydrogen (secondary N) is 1. The van der Waals surface area contributed by atoms with Crippen LogP contribution < -0.4 is 5.48 Å². The fraction of sp³-hybridized carbons (Fsp3) is 1.00. The van der Waals surface area contributed by atoms with Gasteiger partial charge in [-0.25, -0.2) is 5.48 Å². The molecule has 16 heavy (non-hydrogen) atoms. The fourth-order valence-corrected chi connectivity index (χ4v) is 2.81. The lowest BCUT2D eigenvalue weighted by Gasteiger charge is -2.22. The maximum atomic E-state index is 8.67. The van der Waals surface area contributed by atoms with Gasteiger partial charge in [-0.1, -0.05) is 52.9 Å². The third-order valence-corrected chi connectivity index (χ3v) is 4.26. The van der Waals surface area contributed by atoms with Crippen LogP contribution in [0.1, 0.15) is 59.3 Å². The first kappa shape index (κ1) is 16.3. The molecular formula is C13H29NOS. The summed E-state index contributed by atoms with van der Waals surface area (Å²) in [6.45, 7) is 7.30. The molecule has 0 amide bonds. The van der Waals surface area contributed by atoms with Crippen molar-refractivity contribution in [2.45, 2.75) is 59.3 Å². The average Bonchev–Trinajstić information content (AvgIpc) is 2.22. The van der Waals surface area contributed by atoms with Crippen molar-refractivity contribution in [2.75, 3.05) is 18.1 Å². The average molecular weight is 247 g/mol. The predicted octanol–water partition coefficient (Wildman–Crippen LogP) is 4.09. The molecule has 0 heterocycles. The monoisotopic (exact) mass is 247 g/mol. The van der Waals surface area contributed by atoms with Gasteiger partial charge in [0.15, 0.2) is 0 Å². The van der Waals surface area contributed by atoms with Crippen molar-refractivity contribution in [1.29, 1.82) is 0 Å². The van der Waals surface area contributed by atoms with E-state index in [9.17, 15) is 0 Å². The van der Waals surface area contributed by atoms with E-state index in [1.165, 1.54) is 44.3 Å². The number of hydrogen-bond acceptors (Lipinski definition) is 3. The molecule has 0 aliphatic carbocycles. The summed E-state index contributed by atoms with van der Waals surface area (Å²) in [6.07, 6.45) is 8.25. The third kappa shape index (κ3) is 10.8. The summed E-state index contributed by atoms with van der Waals surface area (Å²) in [7, 11) is 0. The van der Waals surface area contributed by atoms with E-state index < -0.39 is 0 Å². The standard InChI is InChI=1S/C13H29NOS/c1-4-5-6-7-8-9-10-16-12-13(2,3)11-14-15/h14-15H,4-12H2,1-3H3. The normalized spacial score (nSPS) is 12.0. The van der Waals surface area contributed by atoms with Gasteiger partial charge in [-0.2, -0.15) is 11.8 Å². The van der Waals surface area contributed by atoms with Crippen molar-refractivity contribution in [3.05, 3.63) is 0 Å². The molecule has 0 aliphatic heterocycles. The third-order valence-electron chi connectivity index (χ3n) is 2.69. The number of thioether (sulfide) groups is 1. The Morgan fingerprint density at radius 3 is 2.31 bits per heavy atom. The lowest BCUT2D eigenvalue weighted by atomic mass is 9.97. The van der Waals surface area contributed by atoms with Crippen molar-refractivity contribution in [2.24, 2.45) is 5.41 Å². The summed E-state index contributed by atoms with van der Waals surface area (Å²) in [6, 6.07) is 0. The van der Waals surface area contributed by atoms with Crippen LogP contribution in [-0.2, 0) is 0 Å². The van der Waals surface area contributed by atoms with Gasteiger partial charge in [-0.05, 0) is 23.3 Å². The molecule has 0 rings (SSSR count). The molecule has 0 atom stereocenters. The zero-order valence-electron chi connectivity index (χ0n) is 11.2. The lowest BCUT2D eigenvalue weighted by Crippen LogP contribution is -2.29. The second-order valence-electron chi connectivity index (χ2n) is 5.32. The van der Waals surface area contributed by atoms with Gasteiger partial charge in [0.2, 0.25) is 0 Å². The highest BCUT2D eigenvalue weighted by Crippen LogP contribution is 2.21. The van der Waals surface area contributed by atoms with E-state index in [1.54, 1.807) is 0 Å². The molecule has 0 aromatic carbocycles. The van der Waals surface area contributed by atoms with Gasteiger partial charge in [0.25, 0.3) is 0 Å². The number of rotatable bonds is 11. The largest absolute Gasteiger partial charge is 0.317 e. The Morgan fingerprint density at radius 1 is 1.06 bits per heavy atom. The van der Waals surface area contributed by atoms with Crippen molar-refractivity contribution >= 4 is 11.8 Å². The lowest BCUT2D eigenvalue weighted by molar-refractivity contribution is 0.132. The second-order valence-corrected chi connectivity index (χ2v) is 6.42. The molecule has 0 saturated heterocycles. The summed E-state index contributed by atoms with van der Waals surface area (Å²) in [5.41, 5.74) is 2.47. The fourth-order valence-electron chi connectivity index (χ4n) is 1.60. The summed E-state index contributed by atoms with van der Waals surface area (Å²) >= 11 is 2.01. The maximum absolute atomic E-state index is 8.67. The summed E-state index contributed by atoms with van der Waals surface area (Å²) < 4.78 is 0. The van der Waals surface area contributed by atoms with Crippen LogP contribution in [0, 0.1) is 5.41 Å². The quantitative estimate of drug-likeness (QED) is 0.426. The Labute approximate surface area is 106 Å². The minimum Gasteiger partial charge on any atom is -0.317 e. The van der Waals surface area contributed by atoms with E-state index in [0.29, 0.717) is 6.54 Å². The predicted molar refractivity (Wildman–Crippen MR) is 74.3 cm³/mol. The molecule has 0 aliphatic rings. The summed E-state index contributed by atoms with van der Waals surface area (Å²) in [5, 5.41) is 8.67. The van der Waals surface area contributed by atoms with Crippen LogP contribution in [0.2, 0.25) is 0 Å². The van der Waals surface area contributed by atoms with Crippen LogP contribution in [0.4, 0.5) is 0 Å². The van der Waals surface area contributed by atoms with Gasteiger partial charge in [0, 0.05) is 6.54 Å². The van der Waals surface area contributed by atoms with E-state index in [4.69, 9.17) is 5.21 Å². The van der Waals surface area contributed by atoms with Gasteiger partial charge in [0.05, 0.1) is 0 Å². The highest BCUT2D eigenvalue weighted by Gasteiger charge is 2.16. The van der Waals surface area contributed by atoms with E-state index in [-0.39, 0.29) is 5.41 Å². The molecule has 0 aromatic rings. The molecule has 0 aromatic heterocycles. The van der Waals surface area contributed by atoms with Crippen molar-refractivity contribution < 1.29 is 5.21 Å². The molecule has 0 fully saturated rings. The van der Waals surface area contributed by atoms with Gasteiger partial charge >= 0.3 is 0 Å².